The molecule has 6 heteroatoms. The smallest absolute Gasteiger partial charge is 0.345 e. The first-order valence-corrected chi connectivity index (χ1v) is 7.96. The van der Waals surface area contributed by atoms with E-state index in [0.29, 0.717) is 17.8 Å². The van der Waals surface area contributed by atoms with Gasteiger partial charge in [-0.2, -0.15) is 0 Å². The summed E-state index contributed by atoms with van der Waals surface area (Å²) < 4.78 is 0. The van der Waals surface area contributed by atoms with Gasteiger partial charge in [-0.05, 0) is 36.4 Å². The van der Waals surface area contributed by atoms with Crippen molar-refractivity contribution in [2.24, 2.45) is 0 Å². The van der Waals surface area contributed by atoms with Crippen LogP contribution in [0.3, 0.4) is 0 Å². The first-order valence-electron chi connectivity index (χ1n) is 6.26. The van der Waals surface area contributed by atoms with E-state index in [-0.39, 0.29) is 5.91 Å². The van der Waals surface area contributed by atoms with Crippen molar-refractivity contribution in [1.29, 1.82) is 0 Å². The van der Waals surface area contributed by atoms with Crippen molar-refractivity contribution in [1.82, 2.24) is 5.32 Å². The molecule has 2 heterocycles. The molecule has 0 atom stereocenters. The molecule has 0 radical (unpaired) electrons. The van der Waals surface area contributed by atoms with Gasteiger partial charge in [0.2, 0.25) is 5.91 Å². The average molecular weight is 309 g/mol. The fraction of sp³-hybridized carbons (Fsp3) is 0.286. The molecule has 2 aromatic heterocycles. The van der Waals surface area contributed by atoms with E-state index in [4.69, 9.17) is 5.11 Å². The summed E-state index contributed by atoms with van der Waals surface area (Å²) in [5.74, 6) is -0.921. The number of nitrogens with one attached hydrogen (secondary N) is 1. The lowest BCUT2D eigenvalue weighted by atomic mass is 10.2. The lowest BCUT2D eigenvalue weighted by Gasteiger charge is -2.03. The highest BCUT2D eigenvalue weighted by Gasteiger charge is 2.08. The molecule has 0 saturated carbocycles. The molecule has 0 fully saturated rings. The minimum Gasteiger partial charge on any atom is -0.477 e. The molecule has 0 spiro atoms. The van der Waals surface area contributed by atoms with Crippen LogP contribution in [0.1, 0.15) is 32.3 Å². The molecule has 0 aliphatic rings. The number of carboxylic acid groups (broad SMARTS) is 1. The number of aromatic carboxylic acids is 1. The first-order chi connectivity index (χ1) is 9.65. The van der Waals surface area contributed by atoms with Gasteiger partial charge in [0.15, 0.2) is 0 Å². The number of carboxylic acids is 1. The van der Waals surface area contributed by atoms with E-state index in [1.165, 1.54) is 16.2 Å². The van der Waals surface area contributed by atoms with E-state index in [1.807, 2.05) is 11.4 Å². The monoisotopic (exact) mass is 309 g/mol. The maximum atomic E-state index is 11.7. The van der Waals surface area contributed by atoms with Gasteiger partial charge in [0.05, 0.1) is 6.54 Å². The fourth-order valence-electron chi connectivity index (χ4n) is 1.74. The summed E-state index contributed by atoms with van der Waals surface area (Å²) in [4.78, 5) is 24.8. The molecule has 0 aliphatic heterocycles. The molecule has 0 aromatic carbocycles. The van der Waals surface area contributed by atoms with Gasteiger partial charge in [0.1, 0.15) is 4.88 Å². The Balaban J connectivity index is 1.67. The fourth-order valence-corrected chi connectivity index (χ4v) is 3.28. The van der Waals surface area contributed by atoms with Gasteiger partial charge in [-0.25, -0.2) is 4.79 Å². The minimum absolute atomic E-state index is 0.00633. The largest absolute Gasteiger partial charge is 0.477 e. The van der Waals surface area contributed by atoms with Crippen LogP contribution in [0.25, 0.3) is 0 Å². The van der Waals surface area contributed by atoms with Gasteiger partial charge in [0, 0.05) is 16.2 Å². The zero-order valence-corrected chi connectivity index (χ0v) is 12.4. The van der Waals surface area contributed by atoms with E-state index < -0.39 is 5.97 Å². The summed E-state index contributed by atoms with van der Waals surface area (Å²) in [6.45, 7) is 0.399. The molecule has 20 heavy (non-hydrogen) atoms. The predicted molar refractivity (Wildman–Crippen MR) is 80.4 cm³/mol. The van der Waals surface area contributed by atoms with Crippen LogP contribution in [0.5, 0.6) is 0 Å². The number of aryl methyl sites for hydroxylation is 1. The van der Waals surface area contributed by atoms with Crippen molar-refractivity contribution in [3.63, 3.8) is 0 Å². The first kappa shape index (κ1) is 14.7. The van der Waals surface area contributed by atoms with Gasteiger partial charge in [-0.1, -0.05) is 6.07 Å². The van der Waals surface area contributed by atoms with Crippen molar-refractivity contribution in [2.75, 3.05) is 0 Å². The summed E-state index contributed by atoms with van der Waals surface area (Å²) in [7, 11) is 0. The summed E-state index contributed by atoms with van der Waals surface area (Å²) in [6, 6.07) is 7.38. The SMILES string of the molecule is O=C(CCCc1cccs1)NCc1ccc(C(=O)O)s1. The molecule has 4 nitrogen and oxygen atoms in total. The lowest BCUT2D eigenvalue weighted by molar-refractivity contribution is -0.121. The van der Waals surface area contributed by atoms with Gasteiger partial charge < -0.3 is 10.4 Å². The molecule has 106 valence electrons. The Morgan fingerprint density at radius 3 is 2.70 bits per heavy atom. The highest BCUT2D eigenvalue weighted by atomic mass is 32.1. The molecular weight excluding hydrogens is 294 g/mol. The van der Waals surface area contributed by atoms with Crippen molar-refractivity contribution in [2.45, 2.75) is 25.8 Å². The average Bonchev–Trinajstić information content (AvgIpc) is 3.07. The van der Waals surface area contributed by atoms with E-state index >= 15 is 0 Å². The second-order valence-electron chi connectivity index (χ2n) is 4.28. The van der Waals surface area contributed by atoms with Crippen LogP contribution >= 0.6 is 22.7 Å². The van der Waals surface area contributed by atoms with Crippen molar-refractivity contribution < 1.29 is 14.7 Å². The molecule has 0 aliphatic carbocycles. The van der Waals surface area contributed by atoms with Crippen LogP contribution in [0.2, 0.25) is 0 Å². The zero-order chi connectivity index (χ0) is 14.4. The molecule has 2 N–H and O–H groups in total. The number of carbonyl (C=O) groups excluding carboxylic acids is 1. The van der Waals surface area contributed by atoms with Crippen LogP contribution in [-0.4, -0.2) is 17.0 Å². The second-order valence-corrected chi connectivity index (χ2v) is 6.48. The Bertz CT molecular complexity index is 575. The number of rotatable bonds is 7. The zero-order valence-electron chi connectivity index (χ0n) is 10.8. The number of hydrogen-bond acceptors (Lipinski definition) is 4. The number of amides is 1. The Morgan fingerprint density at radius 1 is 1.20 bits per heavy atom. The number of hydrogen-bond donors (Lipinski definition) is 2. The Hall–Kier alpha value is -1.66. The van der Waals surface area contributed by atoms with Gasteiger partial charge in [0.25, 0.3) is 0 Å². The highest BCUT2D eigenvalue weighted by molar-refractivity contribution is 7.13. The Kier molecular flexibility index (Phi) is 5.31. The topological polar surface area (TPSA) is 66.4 Å². The van der Waals surface area contributed by atoms with E-state index in [0.717, 1.165) is 17.7 Å². The summed E-state index contributed by atoms with van der Waals surface area (Å²) in [5.41, 5.74) is 0. The third-order valence-electron chi connectivity index (χ3n) is 2.74. The maximum absolute atomic E-state index is 11.7. The van der Waals surface area contributed by atoms with Crippen molar-refractivity contribution in [3.8, 4) is 0 Å². The van der Waals surface area contributed by atoms with Crippen LogP contribution in [0, 0.1) is 0 Å². The highest BCUT2D eigenvalue weighted by Crippen LogP contribution is 2.16. The summed E-state index contributed by atoms with van der Waals surface area (Å²) in [5, 5.41) is 13.7. The maximum Gasteiger partial charge on any atom is 0.345 e. The molecule has 0 unspecified atom stereocenters. The van der Waals surface area contributed by atoms with E-state index in [9.17, 15) is 9.59 Å². The Labute approximate surface area is 125 Å². The quantitative estimate of drug-likeness (QED) is 0.825. The summed E-state index contributed by atoms with van der Waals surface area (Å²) >= 11 is 2.90. The van der Waals surface area contributed by atoms with Gasteiger partial charge in [-0.3, -0.25) is 4.79 Å². The number of carbonyl (C=O) groups is 2. The molecule has 2 aromatic rings. The molecular formula is C14H15NO3S2. The normalized spacial score (nSPS) is 10.4. The van der Waals surface area contributed by atoms with Gasteiger partial charge >= 0.3 is 5.97 Å². The predicted octanol–water partition coefficient (Wildman–Crippen LogP) is 3.15. The standard InChI is InChI=1S/C14H15NO3S2/c16-13(5-1-3-10-4-2-8-19-10)15-9-11-6-7-12(20-11)14(17)18/h2,4,6-8H,1,3,5,9H2,(H,15,16)(H,17,18). The second kappa shape index (κ2) is 7.21. The molecule has 1 amide bonds. The number of thiophene rings is 2. The molecule has 0 saturated heterocycles. The lowest BCUT2D eigenvalue weighted by Crippen LogP contribution is -2.21. The van der Waals surface area contributed by atoms with Crippen molar-refractivity contribution >= 4 is 34.6 Å². The molecule has 0 bridgehead atoms. The van der Waals surface area contributed by atoms with Crippen LogP contribution in [0.15, 0.2) is 29.6 Å². The van der Waals surface area contributed by atoms with Crippen molar-refractivity contribution in [3.05, 3.63) is 44.3 Å². The van der Waals surface area contributed by atoms with Gasteiger partial charge in [-0.15, -0.1) is 22.7 Å². The minimum atomic E-state index is -0.927. The third-order valence-corrected chi connectivity index (χ3v) is 4.75. The van der Waals surface area contributed by atoms with E-state index in [2.05, 4.69) is 11.4 Å². The van der Waals surface area contributed by atoms with Crippen LogP contribution in [0.4, 0.5) is 0 Å². The third kappa shape index (κ3) is 4.47. The Morgan fingerprint density at radius 2 is 2.05 bits per heavy atom. The van der Waals surface area contributed by atoms with E-state index in [1.54, 1.807) is 23.5 Å². The molecule has 2 rings (SSSR count). The van der Waals surface area contributed by atoms with Crippen LogP contribution in [-0.2, 0) is 17.8 Å². The summed E-state index contributed by atoms with van der Waals surface area (Å²) in [6.07, 6.45) is 2.25. The van der Waals surface area contributed by atoms with Crippen LogP contribution < -0.4 is 5.32 Å².